The molecule has 1 N–H and O–H groups in total. The van der Waals surface area contributed by atoms with Gasteiger partial charge in [0.05, 0.1) is 39.4 Å². The van der Waals surface area contributed by atoms with Crippen molar-refractivity contribution in [1.82, 2.24) is 29.9 Å². The van der Waals surface area contributed by atoms with Gasteiger partial charge in [-0.25, -0.2) is 24.7 Å². The van der Waals surface area contributed by atoms with Crippen molar-refractivity contribution in [2.75, 3.05) is 0 Å². The highest BCUT2D eigenvalue weighted by Gasteiger charge is 2.27. The number of aromatic carboxylic acids is 1. The average molecular weight is 761 g/mol. The summed E-state index contributed by atoms with van der Waals surface area (Å²) in [6.07, 6.45) is 12.7. The molecule has 0 amide bonds. The van der Waals surface area contributed by atoms with E-state index < -0.39 is 5.97 Å². The summed E-state index contributed by atoms with van der Waals surface area (Å²) in [5.74, 6) is 0.204. The first kappa shape index (κ1) is 36.6. The zero-order chi connectivity index (χ0) is 39.6. The molecule has 58 heavy (non-hydrogen) atoms. The van der Waals surface area contributed by atoms with Gasteiger partial charge in [-0.3, -0.25) is 14.8 Å². The van der Waals surface area contributed by atoms with E-state index in [9.17, 15) is 14.7 Å². The first-order chi connectivity index (χ1) is 28.4. The summed E-state index contributed by atoms with van der Waals surface area (Å²) < 4.78 is 0. The van der Waals surface area contributed by atoms with Gasteiger partial charge in [-0.2, -0.15) is 0 Å². The molecule has 2 saturated carbocycles. The number of ketones is 1. The fourth-order valence-corrected chi connectivity index (χ4v) is 7.54. The van der Waals surface area contributed by atoms with Gasteiger partial charge < -0.3 is 5.11 Å². The molecule has 2 aliphatic carbocycles. The second-order valence-electron chi connectivity index (χ2n) is 15.2. The highest BCUT2D eigenvalue weighted by atomic mass is 16.4. The van der Waals surface area contributed by atoms with Crippen LogP contribution in [-0.4, -0.2) is 46.8 Å². The van der Waals surface area contributed by atoms with Gasteiger partial charge >= 0.3 is 5.97 Å². The Hall–Kier alpha value is -7.00. The van der Waals surface area contributed by atoms with Crippen molar-refractivity contribution in [3.05, 3.63) is 179 Å². The Morgan fingerprint density at radius 1 is 0.552 bits per heavy atom. The molecule has 4 aromatic carbocycles. The Morgan fingerprint density at radius 3 is 1.43 bits per heavy atom. The van der Waals surface area contributed by atoms with Crippen LogP contribution in [0.15, 0.2) is 134 Å². The molecular weight excluding hydrogens is 721 g/mol. The molecular formula is C49H40N6O3. The van der Waals surface area contributed by atoms with Crippen molar-refractivity contribution >= 4 is 33.6 Å². The summed E-state index contributed by atoms with van der Waals surface area (Å²) in [6, 6.07) is 36.1. The molecule has 9 nitrogen and oxygen atoms in total. The molecule has 0 bridgehead atoms. The average Bonchev–Trinajstić information content (AvgIpc) is 4.20. The molecule has 2 fully saturated rings. The number of fused-ring (bicyclic) bond motifs is 2. The van der Waals surface area contributed by atoms with E-state index in [-0.39, 0.29) is 5.78 Å². The maximum atomic E-state index is 12.2. The Morgan fingerprint density at radius 2 is 1.00 bits per heavy atom. The summed E-state index contributed by atoms with van der Waals surface area (Å²) in [5, 5.41) is 11.6. The highest BCUT2D eigenvalue weighted by molar-refractivity contribution is 5.96. The number of benzene rings is 4. The largest absolute Gasteiger partial charge is 0.478 e. The Bertz CT molecular complexity index is 2630. The van der Waals surface area contributed by atoms with Crippen LogP contribution in [0.2, 0.25) is 0 Å². The van der Waals surface area contributed by atoms with Crippen molar-refractivity contribution in [2.24, 2.45) is 0 Å². The first-order valence-electron chi connectivity index (χ1n) is 19.7. The van der Waals surface area contributed by atoms with Crippen LogP contribution in [0.1, 0.15) is 98.8 Å². The number of rotatable bonds is 10. The first-order valence-corrected chi connectivity index (χ1v) is 19.7. The Kier molecular flexibility index (Phi) is 10.0. The van der Waals surface area contributed by atoms with Crippen molar-refractivity contribution in [2.45, 2.75) is 57.3 Å². The molecule has 4 heterocycles. The van der Waals surface area contributed by atoms with Crippen molar-refractivity contribution in [3.63, 3.8) is 0 Å². The highest BCUT2D eigenvalue weighted by Crippen LogP contribution is 2.41. The van der Waals surface area contributed by atoms with Crippen LogP contribution in [0.25, 0.3) is 44.3 Å². The number of pyridine rings is 2. The number of aromatic nitrogens is 6. The molecule has 0 unspecified atom stereocenters. The molecule has 284 valence electrons. The summed E-state index contributed by atoms with van der Waals surface area (Å²) in [4.78, 5) is 51.0. The lowest BCUT2D eigenvalue weighted by atomic mass is 9.98. The molecule has 2 aliphatic rings. The SMILES string of the molecule is CC(=O)c1cc(C2CC2)cnc1Cc1ccc2ncnc(-c3ccccc3)c2c1.O=C(O)c1cc(C2CC2)cnc1Cc1ccc2ncnc(-c3ccccc3)c2c1. The van der Waals surface area contributed by atoms with E-state index in [0.29, 0.717) is 35.9 Å². The topological polar surface area (TPSA) is 132 Å². The zero-order valence-electron chi connectivity index (χ0n) is 32.0. The van der Waals surface area contributed by atoms with E-state index in [2.05, 4.69) is 54.2 Å². The third kappa shape index (κ3) is 7.97. The van der Waals surface area contributed by atoms with E-state index in [1.807, 2.05) is 91.3 Å². The Balaban J connectivity index is 0.000000150. The van der Waals surface area contributed by atoms with Gasteiger partial charge in [-0.1, -0.05) is 72.8 Å². The number of hydrogen-bond acceptors (Lipinski definition) is 8. The number of nitrogens with zero attached hydrogens (tertiary/aromatic N) is 6. The third-order valence-electron chi connectivity index (χ3n) is 10.9. The maximum Gasteiger partial charge on any atom is 0.337 e. The van der Waals surface area contributed by atoms with Crippen LogP contribution in [0.4, 0.5) is 0 Å². The number of carboxylic acids is 1. The van der Waals surface area contributed by atoms with Gasteiger partial charge in [-0.05, 0) is 103 Å². The van der Waals surface area contributed by atoms with Crippen LogP contribution >= 0.6 is 0 Å². The molecule has 8 aromatic rings. The maximum absolute atomic E-state index is 12.2. The van der Waals surface area contributed by atoms with Gasteiger partial charge in [0, 0.05) is 52.7 Å². The number of Topliss-reactive ketones (excluding diaryl/α,β-unsaturated/α-hetero) is 1. The number of carbonyl (C=O) groups is 2. The lowest BCUT2D eigenvalue weighted by Crippen LogP contribution is -2.07. The summed E-state index contributed by atoms with van der Waals surface area (Å²) in [6.45, 7) is 1.62. The number of hydrogen-bond donors (Lipinski definition) is 1. The van der Waals surface area contributed by atoms with Crippen LogP contribution in [0.5, 0.6) is 0 Å². The zero-order valence-corrected chi connectivity index (χ0v) is 32.0. The van der Waals surface area contributed by atoms with Crippen LogP contribution in [0, 0.1) is 0 Å². The second-order valence-corrected chi connectivity index (χ2v) is 15.2. The molecule has 0 saturated heterocycles. The molecule has 4 aromatic heterocycles. The molecule has 0 spiro atoms. The molecule has 0 aliphatic heterocycles. The molecule has 10 rings (SSSR count). The minimum absolute atomic E-state index is 0.0732. The summed E-state index contributed by atoms with van der Waals surface area (Å²) >= 11 is 0. The second kappa shape index (κ2) is 15.9. The summed E-state index contributed by atoms with van der Waals surface area (Å²) in [7, 11) is 0. The van der Waals surface area contributed by atoms with Crippen molar-refractivity contribution in [3.8, 4) is 22.5 Å². The minimum Gasteiger partial charge on any atom is -0.478 e. The van der Waals surface area contributed by atoms with Crippen LogP contribution in [0.3, 0.4) is 0 Å². The molecule has 9 heteroatoms. The summed E-state index contributed by atoms with van der Waals surface area (Å²) in [5.41, 5.74) is 12.4. The molecule has 0 atom stereocenters. The molecule has 0 radical (unpaired) electrons. The van der Waals surface area contributed by atoms with Crippen molar-refractivity contribution < 1.29 is 14.7 Å². The van der Waals surface area contributed by atoms with Gasteiger partial charge in [-0.15, -0.1) is 0 Å². The number of carbonyl (C=O) groups excluding carboxylic acids is 1. The Labute approximate surface area is 336 Å². The van der Waals surface area contributed by atoms with Crippen LogP contribution < -0.4 is 0 Å². The predicted molar refractivity (Wildman–Crippen MR) is 225 cm³/mol. The smallest absolute Gasteiger partial charge is 0.337 e. The van der Waals surface area contributed by atoms with E-state index in [4.69, 9.17) is 0 Å². The normalized spacial score (nSPS) is 13.5. The lowest BCUT2D eigenvalue weighted by molar-refractivity contribution is 0.0695. The van der Waals surface area contributed by atoms with E-state index in [1.165, 1.54) is 18.4 Å². The predicted octanol–water partition coefficient (Wildman–Crippen LogP) is 10.2. The van der Waals surface area contributed by atoms with Crippen molar-refractivity contribution in [1.29, 1.82) is 0 Å². The van der Waals surface area contributed by atoms with Gasteiger partial charge in [0.25, 0.3) is 0 Å². The fourth-order valence-electron chi connectivity index (χ4n) is 7.54. The van der Waals surface area contributed by atoms with E-state index in [0.717, 1.165) is 85.1 Å². The fraction of sp³-hybridized carbons (Fsp3) is 0.184. The lowest BCUT2D eigenvalue weighted by Gasteiger charge is -2.10. The minimum atomic E-state index is -0.927. The third-order valence-corrected chi connectivity index (χ3v) is 10.9. The monoisotopic (exact) mass is 760 g/mol. The van der Waals surface area contributed by atoms with Gasteiger partial charge in [0.1, 0.15) is 12.7 Å². The standard InChI is InChI=1S/C25H21N3O.C24H19N3O2/c1-16(29)21-13-20(18-8-9-18)14-26-24(21)12-17-7-10-23-22(11-17)25(28-15-27-23)19-5-3-2-4-6-19;28-24(29)20-12-18(16-7-8-16)13-25-22(20)11-15-6-9-21-19(10-15)23(27-14-26-21)17-4-2-1-3-5-17/h2-7,10-11,13-15,18H,8-9,12H2,1H3;1-6,9-10,12-14,16H,7-8,11H2,(H,28,29). The quantitative estimate of drug-likeness (QED) is 0.135. The van der Waals surface area contributed by atoms with Gasteiger partial charge in [0.15, 0.2) is 5.78 Å². The van der Waals surface area contributed by atoms with Crippen LogP contribution in [-0.2, 0) is 12.8 Å². The van der Waals surface area contributed by atoms with E-state index >= 15 is 0 Å². The number of carboxylic acid groups (broad SMARTS) is 1. The van der Waals surface area contributed by atoms with E-state index in [1.54, 1.807) is 25.6 Å². The van der Waals surface area contributed by atoms with Gasteiger partial charge in [0.2, 0.25) is 0 Å².